The molecule has 4 amide bonds. The average Bonchev–Trinajstić information content (AvgIpc) is 2.91. The third kappa shape index (κ3) is 3.99. The van der Waals surface area contributed by atoms with Crippen molar-refractivity contribution in [1.29, 1.82) is 0 Å². The number of hydrogen-bond donors (Lipinski definition) is 1. The Balaban J connectivity index is 1.58. The maximum atomic E-state index is 12.8. The van der Waals surface area contributed by atoms with E-state index in [0.29, 0.717) is 31.9 Å². The Morgan fingerprint density at radius 2 is 1.82 bits per heavy atom. The van der Waals surface area contributed by atoms with Gasteiger partial charge in [0.15, 0.2) is 6.61 Å². The number of carbonyl (C=O) groups is 4. The van der Waals surface area contributed by atoms with Crippen LogP contribution in [-0.4, -0.2) is 73.1 Å². The normalized spacial score (nSPS) is 22.2. The number of amides is 4. The summed E-state index contributed by atoms with van der Waals surface area (Å²) >= 11 is 0. The predicted octanol–water partition coefficient (Wildman–Crippen LogP) is 0.164. The lowest BCUT2D eigenvalue weighted by molar-refractivity contribution is -0.155. The van der Waals surface area contributed by atoms with Gasteiger partial charge in [0.1, 0.15) is 12.1 Å². The van der Waals surface area contributed by atoms with Crippen LogP contribution in [0.1, 0.15) is 18.1 Å². The van der Waals surface area contributed by atoms with Crippen LogP contribution >= 0.6 is 0 Å². The number of urea groups is 1. The maximum Gasteiger partial charge on any atom is 0.326 e. The molecule has 3 rings (SSSR count). The number of imide groups is 1. The van der Waals surface area contributed by atoms with Crippen LogP contribution in [-0.2, 0) is 29.4 Å². The van der Waals surface area contributed by atoms with Gasteiger partial charge in [-0.15, -0.1) is 0 Å². The molecule has 0 unspecified atom stereocenters. The smallest absolute Gasteiger partial charge is 0.326 e. The molecule has 28 heavy (non-hydrogen) atoms. The highest BCUT2D eigenvalue weighted by Gasteiger charge is 2.49. The zero-order valence-corrected chi connectivity index (χ0v) is 15.9. The molecule has 1 atom stereocenters. The zero-order chi connectivity index (χ0) is 20.3. The van der Waals surface area contributed by atoms with E-state index in [1.165, 1.54) is 0 Å². The van der Waals surface area contributed by atoms with Gasteiger partial charge >= 0.3 is 12.0 Å². The first-order valence-corrected chi connectivity index (χ1v) is 9.03. The second kappa shape index (κ2) is 7.97. The number of hydrogen-bond acceptors (Lipinski definition) is 6. The van der Waals surface area contributed by atoms with Gasteiger partial charge in [-0.25, -0.2) is 4.79 Å². The van der Waals surface area contributed by atoms with E-state index < -0.39 is 36.6 Å². The third-order valence-electron chi connectivity index (χ3n) is 4.91. The Hall–Kier alpha value is -2.94. The SMILES string of the molecule is Cc1ccc([C@]2(C)NC(=O)N(CC(=O)OCC(=O)N3CCOCC3)C2=O)cc1. The number of rotatable bonds is 5. The van der Waals surface area contributed by atoms with E-state index in [2.05, 4.69) is 5.32 Å². The van der Waals surface area contributed by atoms with Crippen molar-refractivity contribution in [2.24, 2.45) is 0 Å². The lowest BCUT2D eigenvalue weighted by atomic mass is 9.91. The zero-order valence-electron chi connectivity index (χ0n) is 15.9. The average molecular weight is 389 g/mol. The van der Waals surface area contributed by atoms with Crippen LogP contribution in [0.4, 0.5) is 4.79 Å². The molecule has 150 valence electrons. The van der Waals surface area contributed by atoms with Crippen molar-refractivity contribution in [2.75, 3.05) is 39.5 Å². The second-order valence-electron chi connectivity index (χ2n) is 6.97. The molecule has 2 saturated heterocycles. The molecule has 0 aliphatic carbocycles. The van der Waals surface area contributed by atoms with Crippen molar-refractivity contribution >= 4 is 23.8 Å². The lowest BCUT2D eigenvalue weighted by Crippen LogP contribution is -2.44. The summed E-state index contributed by atoms with van der Waals surface area (Å²) in [5, 5.41) is 2.63. The summed E-state index contributed by atoms with van der Waals surface area (Å²) in [5.74, 6) is -1.70. The van der Waals surface area contributed by atoms with Gasteiger partial charge in [-0.3, -0.25) is 19.3 Å². The fourth-order valence-electron chi connectivity index (χ4n) is 3.14. The van der Waals surface area contributed by atoms with E-state index in [1.807, 2.05) is 19.1 Å². The first-order chi connectivity index (χ1) is 13.3. The first kappa shape index (κ1) is 19.8. The van der Waals surface area contributed by atoms with Crippen molar-refractivity contribution < 1.29 is 28.7 Å². The van der Waals surface area contributed by atoms with Crippen molar-refractivity contribution in [3.05, 3.63) is 35.4 Å². The number of nitrogens with zero attached hydrogens (tertiary/aromatic N) is 2. The number of nitrogens with one attached hydrogen (secondary N) is 1. The minimum Gasteiger partial charge on any atom is -0.454 e. The quantitative estimate of drug-likeness (QED) is 0.568. The third-order valence-corrected chi connectivity index (χ3v) is 4.91. The maximum absolute atomic E-state index is 12.8. The Bertz CT molecular complexity index is 787. The van der Waals surface area contributed by atoms with Gasteiger partial charge in [0, 0.05) is 13.1 Å². The highest BCUT2D eigenvalue weighted by molar-refractivity contribution is 6.08. The van der Waals surface area contributed by atoms with Gasteiger partial charge < -0.3 is 19.7 Å². The van der Waals surface area contributed by atoms with Crippen molar-refractivity contribution in [2.45, 2.75) is 19.4 Å². The number of carbonyl (C=O) groups excluding carboxylic acids is 4. The Morgan fingerprint density at radius 3 is 2.46 bits per heavy atom. The van der Waals surface area contributed by atoms with Gasteiger partial charge in [-0.2, -0.15) is 0 Å². The lowest BCUT2D eigenvalue weighted by Gasteiger charge is -2.26. The van der Waals surface area contributed by atoms with Crippen molar-refractivity contribution in [1.82, 2.24) is 15.1 Å². The van der Waals surface area contributed by atoms with E-state index in [0.717, 1.165) is 10.5 Å². The predicted molar refractivity (Wildman–Crippen MR) is 97.1 cm³/mol. The molecule has 0 aromatic heterocycles. The van der Waals surface area contributed by atoms with Crippen LogP contribution in [0.3, 0.4) is 0 Å². The Morgan fingerprint density at radius 1 is 1.18 bits per heavy atom. The molecular formula is C19H23N3O6. The highest BCUT2D eigenvalue weighted by atomic mass is 16.5. The van der Waals surface area contributed by atoms with Crippen LogP contribution in [0.2, 0.25) is 0 Å². The second-order valence-corrected chi connectivity index (χ2v) is 6.97. The molecule has 1 aromatic carbocycles. The molecule has 2 aliphatic rings. The van der Waals surface area contributed by atoms with Crippen LogP contribution in [0.25, 0.3) is 0 Å². The first-order valence-electron chi connectivity index (χ1n) is 9.03. The summed E-state index contributed by atoms with van der Waals surface area (Å²) < 4.78 is 10.1. The van der Waals surface area contributed by atoms with E-state index in [-0.39, 0.29) is 5.91 Å². The van der Waals surface area contributed by atoms with E-state index in [4.69, 9.17) is 9.47 Å². The topological polar surface area (TPSA) is 105 Å². The van der Waals surface area contributed by atoms with Crippen LogP contribution in [0, 0.1) is 6.92 Å². The number of morpholine rings is 1. The van der Waals surface area contributed by atoms with E-state index in [9.17, 15) is 19.2 Å². The van der Waals surface area contributed by atoms with Gasteiger partial charge in [-0.05, 0) is 19.4 Å². The summed E-state index contributed by atoms with van der Waals surface area (Å²) in [6, 6.07) is 6.53. The van der Waals surface area contributed by atoms with Crippen LogP contribution < -0.4 is 5.32 Å². The summed E-state index contributed by atoms with van der Waals surface area (Å²) in [5.41, 5.74) is 0.388. The fraction of sp³-hybridized carbons (Fsp3) is 0.474. The minimum atomic E-state index is -1.26. The fourth-order valence-corrected chi connectivity index (χ4v) is 3.14. The van der Waals surface area contributed by atoms with E-state index in [1.54, 1.807) is 24.0 Å². The van der Waals surface area contributed by atoms with Gasteiger partial charge in [0.25, 0.3) is 11.8 Å². The molecule has 0 radical (unpaired) electrons. The Labute approximate surface area is 162 Å². The summed E-state index contributed by atoms with van der Waals surface area (Å²) in [4.78, 5) is 51.5. The molecule has 0 saturated carbocycles. The minimum absolute atomic E-state index is 0.335. The monoisotopic (exact) mass is 389 g/mol. The molecule has 1 aromatic rings. The largest absolute Gasteiger partial charge is 0.454 e. The molecule has 2 aliphatic heterocycles. The van der Waals surface area contributed by atoms with Gasteiger partial charge in [0.2, 0.25) is 0 Å². The molecule has 0 spiro atoms. The van der Waals surface area contributed by atoms with Crippen LogP contribution in [0.15, 0.2) is 24.3 Å². The van der Waals surface area contributed by atoms with Crippen LogP contribution in [0.5, 0.6) is 0 Å². The van der Waals surface area contributed by atoms with Gasteiger partial charge in [0.05, 0.1) is 13.2 Å². The van der Waals surface area contributed by atoms with Crippen molar-refractivity contribution in [3.63, 3.8) is 0 Å². The Kier molecular flexibility index (Phi) is 5.64. The molecule has 2 heterocycles. The molecule has 1 N–H and O–H groups in total. The number of esters is 1. The summed E-state index contributed by atoms with van der Waals surface area (Å²) in [6.07, 6.45) is 0. The van der Waals surface area contributed by atoms with Crippen molar-refractivity contribution in [3.8, 4) is 0 Å². The molecule has 0 bridgehead atoms. The summed E-state index contributed by atoms with van der Waals surface area (Å²) in [6.45, 7) is 4.29. The highest BCUT2D eigenvalue weighted by Crippen LogP contribution is 2.28. The molecule has 9 nitrogen and oxygen atoms in total. The van der Waals surface area contributed by atoms with Gasteiger partial charge in [-0.1, -0.05) is 29.8 Å². The number of aryl methyl sites for hydroxylation is 1. The summed E-state index contributed by atoms with van der Waals surface area (Å²) in [7, 11) is 0. The molecular weight excluding hydrogens is 366 g/mol. The number of ether oxygens (including phenoxy) is 2. The molecule has 9 heteroatoms. The standard InChI is InChI=1S/C19H23N3O6/c1-13-3-5-14(6-4-13)19(2)17(25)22(18(26)20-19)11-16(24)28-12-15(23)21-7-9-27-10-8-21/h3-6H,7-12H2,1-2H3,(H,20,26)/t19-/m0/s1. The molecule has 2 fully saturated rings. The number of benzene rings is 1. The van der Waals surface area contributed by atoms with E-state index >= 15 is 0 Å².